The highest BCUT2D eigenvalue weighted by atomic mass is 32.1. The third kappa shape index (κ3) is 4.74. The minimum Gasteiger partial charge on any atom is -0.491 e. The van der Waals surface area contributed by atoms with Crippen molar-refractivity contribution in [1.82, 2.24) is 4.90 Å². The van der Waals surface area contributed by atoms with Crippen LogP contribution in [0.2, 0.25) is 0 Å². The van der Waals surface area contributed by atoms with Gasteiger partial charge in [0.25, 0.3) is 0 Å². The van der Waals surface area contributed by atoms with Crippen LogP contribution in [0.3, 0.4) is 0 Å². The molecule has 0 aromatic heterocycles. The number of aliphatic hydroxyl groups is 1. The van der Waals surface area contributed by atoms with E-state index in [-0.39, 0.29) is 0 Å². The largest absolute Gasteiger partial charge is 0.491 e. The highest BCUT2D eigenvalue weighted by Crippen LogP contribution is 2.13. The molecule has 1 saturated heterocycles. The summed E-state index contributed by atoms with van der Waals surface area (Å²) in [6.45, 7) is 3.16. The molecule has 1 aliphatic heterocycles. The number of aliphatic hydroxyl groups excluding tert-OH is 1. The van der Waals surface area contributed by atoms with E-state index in [1.807, 2.05) is 24.3 Å². The number of benzene rings is 1. The Morgan fingerprint density at radius 1 is 1.25 bits per heavy atom. The van der Waals surface area contributed by atoms with Gasteiger partial charge in [-0.3, -0.25) is 0 Å². The Morgan fingerprint density at radius 2 is 1.90 bits per heavy atom. The van der Waals surface area contributed by atoms with E-state index >= 15 is 0 Å². The Bertz CT molecular complexity index is 430. The molecule has 20 heavy (non-hydrogen) atoms. The van der Waals surface area contributed by atoms with Crippen LogP contribution in [0.5, 0.6) is 5.75 Å². The molecular formula is C15H22N2O2S. The van der Waals surface area contributed by atoms with Crippen LogP contribution in [-0.4, -0.2) is 47.3 Å². The van der Waals surface area contributed by atoms with Crippen molar-refractivity contribution in [2.24, 2.45) is 5.73 Å². The Balaban J connectivity index is 1.74. The van der Waals surface area contributed by atoms with Gasteiger partial charge >= 0.3 is 0 Å². The molecule has 0 saturated carbocycles. The van der Waals surface area contributed by atoms with Crippen molar-refractivity contribution >= 4 is 17.2 Å². The van der Waals surface area contributed by atoms with E-state index < -0.39 is 6.10 Å². The van der Waals surface area contributed by atoms with Gasteiger partial charge in [0.05, 0.1) is 0 Å². The van der Waals surface area contributed by atoms with Gasteiger partial charge in [-0.05, 0) is 50.2 Å². The molecule has 3 N–H and O–H groups in total. The van der Waals surface area contributed by atoms with E-state index in [0.717, 1.165) is 24.4 Å². The number of likely N-dealkylation sites (tertiary alicyclic amines) is 1. The molecule has 0 radical (unpaired) electrons. The summed E-state index contributed by atoms with van der Waals surface area (Å²) in [5, 5.41) is 10.00. The van der Waals surface area contributed by atoms with Crippen LogP contribution in [0, 0.1) is 0 Å². The molecule has 4 nitrogen and oxygen atoms in total. The van der Waals surface area contributed by atoms with Gasteiger partial charge in [-0.15, -0.1) is 0 Å². The predicted molar refractivity (Wildman–Crippen MR) is 84.1 cm³/mol. The first kappa shape index (κ1) is 15.2. The van der Waals surface area contributed by atoms with Gasteiger partial charge in [0.15, 0.2) is 0 Å². The zero-order chi connectivity index (χ0) is 14.4. The second kappa shape index (κ2) is 7.57. The number of piperidine rings is 1. The van der Waals surface area contributed by atoms with Crippen LogP contribution in [0.25, 0.3) is 0 Å². The van der Waals surface area contributed by atoms with Crippen LogP contribution in [0.4, 0.5) is 0 Å². The normalized spacial score (nSPS) is 17.6. The van der Waals surface area contributed by atoms with E-state index in [1.54, 1.807) is 0 Å². The summed E-state index contributed by atoms with van der Waals surface area (Å²) in [4.78, 5) is 2.68. The third-order valence-corrected chi connectivity index (χ3v) is 3.73. The fraction of sp³-hybridized carbons (Fsp3) is 0.533. The van der Waals surface area contributed by atoms with E-state index in [1.165, 1.54) is 19.3 Å². The van der Waals surface area contributed by atoms with E-state index in [9.17, 15) is 5.11 Å². The van der Waals surface area contributed by atoms with Gasteiger partial charge in [0.2, 0.25) is 0 Å². The fourth-order valence-corrected chi connectivity index (χ4v) is 2.54. The summed E-state index contributed by atoms with van der Waals surface area (Å²) in [6, 6.07) is 7.30. The Kier molecular flexibility index (Phi) is 5.76. The van der Waals surface area contributed by atoms with E-state index in [0.29, 0.717) is 18.1 Å². The first-order valence-electron chi connectivity index (χ1n) is 7.08. The molecule has 1 unspecified atom stereocenters. The van der Waals surface area contributed by atoms with Crippen molar-refractivity contribution in [3.63, 3.8) is 0 Å². The number of hydrogen-bond acceptors (Lipinski definition) is 4. The molecule has 1 atom stereocenters. The highest BCUT2D eigenvalue weighted by molar-refractivity contribution is 7.80. The van der Waals surface area contributed by atoms with Crippen molar-refractivity contribution < 1.29 is 9.84 Å². The summed E-state index contributed by atoms with van der Waals surface area (Å²) in [7, 11) is 0. The number of rotatable bonds is 6. The van der Waals surface area contributed by atoms with Gasteiger partial charge in [-0.2, -0.15) is 0 Å². The number of hydrogen-bond donors (Lipinski definition) is 2. The van der Waals surface area contributed by atoms with Crippen LogP contribution < -0.4 is 10.5 Å². The van der Waals surface area contributed by atoms with Gasteiger partial charge < -0.3 is 20.5 Å². The van der Waals surface area contributed by atoms with Gasteiger partial charge in [-0.25, -0.2) is 0 Å². The average molecular weight is 294 g/mol. The highest BCUT2D eigenvalue weighted by Gasteiger charge is 2.14. The zero-order valence-electron chi connectivity index (χ0n) is 11.6. The number of thiocarbonyl (C=S) groups is 1. The quantitative estimate of drug-likeness (QED) is 0.780. The molecule has 1 heterocycles. The summed E-state index contributed by atoms with van der Waals surface area (Å²) < 4.78 is 5.58. The van der Waals surface area contributed by atoms with Crippen molar-refractivity contribution in [3.8, 4) is 5.75 Å². The second-order valence-electron chi connectivity index (χ2n) is 5.21. The molecule has 1 aromatic carbocycles. The summed E-state index contributed by atoms with van der Waals surface area (Å²) in [5.41, 5.74) is 6.36. The number of nitrogens with zero attached hydrogens (tertiary/aromatic N) is 1. The predicted octanol–water partition coefficient (Wildman–Crippen LogP) is 1.55. The summed E-state index contributed by atoms with van der Waals surface area (Å²) >= 11 is 4.89. The van der Waals surface area contributed by atoms with Crippen LogP contribution in [0.1, 0.15) is 24.8 Å². The molecule has 0 amide bonds. The van der Waals surface area contributed by atoms with Crippen molar-refractivity contribution in [2.75, 3.05) is 26.2 Å². The molecule has 1 aliphatic rings. The SMILES string of the molecule is NC(=S)c1ccc(OCC(O)CN2CCCCC2)cc1. The minimum absolute atomic E-state index is 0.308. The zero-order valence-corrected chi connectivity index (χ0v) is 12.4. The maximum atomic E-state index is 10.00. The van der Waals surface area contributed by atoms with Crippen molar-refractivity contribution in [1.29, 1.82) is 0 Å². The minimum atomic E-state index is -0.455. The summed E-state index contributed by atoms with van der Waals surface area (Å²) in [6.07, 6.45) is 3.31. The summed E-state index contributed by atoms with van der Waals surface area (Å²) in [5.74, 6) is 0.725. The Labute approximate surface area is 125 Å². The standard InChI is InChI=1S/C15H22N2O2S/c16-15(20)12-4-6-14(7-5-12)19-11-13(18)10-17-8-2-1-3-9-17/h4-7,13,18H,1-3,8-11H2,(H2,16,20). The lowest BCUT2D eigenvalue weighted by Crippen LogP contribution is -2.38. The molecule has 5 heteroatoms. The first-order valence-corrected chi connectivity index (χ1v) is 7.49. The molecular weight excluding hydrogens is 272 g/mol. The monoisotopic (exact) mass is 294 g/mol. The lowest BCUT2D eigenvalue weighted by molar-refractivity contribution is 0.0617. The maximum absolute atomic E-state index is 10.00. The van der Waals surface area contributed by atoms with Crippen molar-refractivity contribution in [3.05, 3.63) is 29.8 Å². The number of ether oxygens (including phenoxy) is 1. The Hall–Kier alpha value is -1.17. The van der Waals surface area contributed by atoms with Crippen LogP contribution in [0.15, 0.2) is 24.3 Å². The Morgan fingerprint density at radius 3 is 2.50 bits per heavy atom. The molecule has 1 aromatic rings. The lowest BCUT2D eigenvalue weighted by atomic mass is 10.1. The molecule has 0 aliphatic carbocycles. The third-order valence-electron chi connectivity index (χ3n) is 3.50. The first-order chi connectivity index (χ1) is 9.65. The second-order valence-corrected chi connectivity index (χ2v) is 5.65. The molecule has 0 bridgehead atoms. The molecule has 1 fully saturated rings. The van der Waals surface area contributed by atoms with Crippen molar-refractivity contribution in [2.45, 2.75) is 25.4 Å². The topological polar surface area (TPSA) is 58.7 Å². The number of nitrogens with two attached hydrogens (primary N) is 1. The van der Waals surface area contributed by atoms with Gasteiger partial charge in [-0.1, -0.05) is 18.6 Å². The molecule has 110 valence electrons. The fourth-order valence-electron chi connectivity index (χ4n) is 2.40. The smallest absolute Gasteiger partial charge is 0.119 e. The van der Waals surface area contributed by atoms with E-state index in [2.05, 4.69) is 4.90 Å². The molecule has 0 spiro atoms. The van der Waals surface area contributed by atoms with E-state index in [4.69, 9.17) is 22.7 Å². The van der Waals surface area contributed by atoms with Crippen LogP contribution in [-0.2, 0) is 0 Å². The molecule has 2 rings (SSSR count). The lowest BCUT2D eigenvalue weighted by Gasteiger charge is -2.28. The average Bonchev–Trinajstić information content (AvgIpc) is 2.46. The van der Waals surface area contributed by atoms with Crippen LogP contribution >= 0.6 is 12.2 Å². The number of β-amino-alcohol motifs (C(OH)–C–C–N with tert-alkyl or cyclic N) is 1. The van der Waals surface area contributed by atoms with Gasteiger partial charge in [0, 0.05) is 12.1 Å². The maximum Gasteiger partial charge on any atom is 0.119 e. The van der Waals surface area contributed by atoms with Gasteiger partial charge in [0.1, 0.15) is 23.4 Å².